The van der Waals surface area contributed by atoms with Gasteiger partial charge in [-0.2, -0.15) is 0 Å². The van der Waals surface area contributed by atoms with Crippen LogP contribution in [0.15, 0.2) is 12.7 Å². The molecule has 2 atom stereocenters. The Morgan fingerprint density at radius 3 is 2.50 bits per heavy atom. The van der Waals surface area contributed by atoms with Gasteiger partial charge in [0.15, 0.2) is 0 Å². The predicted octanol–water partition coefficient (Wildman–Crippen LogP) is 1.31. The molecule has 22 heavy (non-hydrogen) atoms. The monoisotopic (exact) mass is 332 g/mol. The van der Waals surface area contributed by atoms with Crippen molar-refractivity contribution in [3.63, 3.8) is 0 Å². The first kappa shape index (κ1) is 18.5. The highest BCUT2D eigenvalue weighted by atomic mass is 32.2. The SMILES string of the molecule is C=CCOC(=O)N[C@@](C)(C(=O)NS(=O)(=O)C1CC1)[C@@H](C)CC. The van der Waals surface area contributed by atoms with Crippen molar-refractivity contribution in [2.45, 2.75) is 50.8 Å². The molecule has 0 heterocycles. The summed E-state index contributed by atoms with van der Waals surface area (Å²) in [5.74, 6) is -1.03. The number of amides is 2. The standard InChI is InChI=1S/C14H24N2O5S/c1-5-9-21-13(18)15-14(4,10(3)6-2)12(17)16-22(19,20)11-7-8-11/h5,10-11H,1,6-9H2,2-4H3,(H,15,18)(H,16,17)/t10-,14+/m0/s1. The predicted molar refractivity (Wildman–Crippen MR) is 82.6 cm³/mol. The Balaban J connectivity index is 2.87. The van der Waals surface area contributed by atoms with Crippen molar-refractivity contribution in [1.82, 2.24) is 10.0 Å². The number of hydrogen-bond donors (Lipinski definition) is 2. The van der Waals surface area contributed by atoms with E-state index in [4.69, 9.17) is 4.74 Å². The molecule has 2 amide bonds. The quantitative estimate of drug-likeness (QED) is 0.653. The van der Waals surface area contributed by atoms with Gasteiger partial charge in [0.1, 0.15) is 12.1 Å². The van der Waals surface area contributed by atoms with Crippen molar-refractivity contribution < 1.29 is 22.7 Å². The summed E-state index contributed by atoms with van der Waals surface area (Å²) in [7, 11) is -3.67. The maximum atomic E-state index is 12.4. The second-order valence-corrected chi connectivity index (χ2v) is 7.66. The molecule has 0 aromatic carbocycles. The normalized spacial score (nSPS) is 18.7. The second-order valence-electron chi connectivity index (χ2n) is 5.70. The summed E-state index contributed by atoms with van der Waals surface area (Å²) in [4.78, 5) is 24.2. The summed E-state index contributed by atoms with van der Waals surface area (Å²) in [6.07, 6.45) is 2.30. The van der Waals surface area contributed by atoms with Gasteiger partial charge >= 0.3 is 6.09 Å². The van der Waals surface area contributed by atoms with Gasteiger partial charge in [0.25, 0.3) is 5.91 Å². The molecule has 1 aliphatic rings. The minimum Gasteiger partial charge on any atom is -0.445 e. The number of nitrogens with one attached hydrogen (secondary N) is 2. The van der Waals surface area contributed by atoms with E-state index in [-0.39, 0.29) is 12.5 Å². The average Bonchev–Trinajstić information content (AvgIpc) is 3.28. The van der Waals surface area contributed by atoms with Gasteiger partial charge in [-0.05, 0) is 25.7 Å². The van der Waals surface area contributed by atoms with Crippen LogP contribution in [0.25, 0.3) is 0 Å². The maximum absolute atomic E-state index is 12.4. The number of carbonyl (C=O) groups excluding carboxylic acids is 2. The first-order valence-corrected chi connectivity index (χ1v) is 8.83. The van der Waals surface area contributed by atoms with Crippen molar-refractivity contribution in [2.75, 3.05) is 6.61 Å². The van der Waals surface area contributed by atoms with E-state index in [0.717, 1.165) is 0 Å². The van der Waals surface area contributed by atoms with E-state index in [2.05, 4.69) is 16.6 Å². The van der Waals surface area contributed by atoms with E-state index in [0.29, 0.717) is 19.3 Å². The van der Waals surface area contributed by atoms with Crippen LogP contribution >= 0.6 is 0 Å². The highest BCUT2D eigenvalue weighted by molar-refractivity contribution is 7.90. The van der Waals surface area contributed by atoms with Crippen LogP contribution in [0.1, 0.15) is 40.0 Å². The van der Waals surface area contributed by atoms with Crippen molar-refractivity contribution in [3.05, 3.63) is 12.7 Å². The van der Waals surface area contributed by atoms with Crippen LogP contribution < -0.4 is 10.0 Å². The Bertz CT molecular complexity index is 541. The summed E-state index contributed by atoms with van der Waals surface area (Å²) >= 11 is 0. The molecule has 0 radical (unpaired) electrons. The van der Waals surface area contributed by atoms with E-state index in [9.17, 15) is 18.0 Å². The molecule has 7 nitrogen and oxygen atoms in total. The molecule has 1 fully saturated rings. The van der Waals surface area contributed by atoms with E-state index < -0.39 is 32.8 Å². The summed E-state index contributed by atoms with van der Waals surface area (Å²) in [5, 5.41) is 1.97. The van der Waals surface area contributed by atoms with Crippen LogP contribution in [0.4, 0.5) is 4.79 Å². The van der Waals surface area contributed by atoms with Gasteiger partial charge in [-0.25, -0.2) is 13.2 Å². The number of carbonyl (C=O) groups is 2. The van der Waals surface area contributed by atoms with Gasteiger partial charge in [-0.1, -0.05) is 32.9 Å². The lowest BCUT2D eigenvalue weighted by atomic mass is 9.84. The molecule has 0 spiro atoms. The lowest BCUT2D eigenvalue weighted by Gasteiger charge is -2.34. The summed E-state index contributed by atoms with van der Waals surface area (Å²) in [5.41, 5.74) is -1.38. The zero-order valence-corrected chi connectivity index (χ0v) is 14.0. The molecule has 1 aliphatic carbocycles. The van der Waals surface area contributed by atoms with Crippen molar-refractivity contribution in [2.24, 2.45) is 5.92 Å². The van der Waals surface area contributed by atoms with E-state index in [1.165, 1.54) is 13.0 Å². The molecule has 0 saturated heterocycles. The summed E-state index contributed by atoms with van der Waals surface area (Å²) in [6, 6.07) is 0. The average molecular weight is 332 g/mol. The molecular weight excluding hydrogens is 308 g/mol. The molecule has 126 valence electrons. The fourth-order valence-electron chi connectivity index (χ4n) is 1.89. The largest absolute Gasteiger partial charge is 0.445 e. The topological polar surface area (TPSA) is 102 Å². The molecule has 0 unspecified atom stereocenters. The Hall–Kier alpha value is -1.57. The zero-order valence-electron chi connectivity index (χ0n) is 13.2. The van der Waals surface area contributed by atoms with E-state index >= 15 is 0 Å². The van der Waals surface area contributed by atoms with Crippen LogP contribution in [-0.4, -0.2) is 37.8 Å². The molecule has 0 bridgehead atoms. The second kappa shape index (κ2) is 7.13. The van der Waals surface area contributed by atoms with Gasteiger partial charge in [0.2, 0.25) is 10.0 Å². The third-order valence-corrected chi connectivity index (χ3v) is 5.78. The third kappa shape index (κ3) is 4.46. The first-order chi connectivity index (χ1) is 10.2. The molecule has 8 heteroatoms. The van der Waals surface area contributed by atoms with Gasteiger partial charge in [0.05, 0.1) is 5.25 Å². The molecule has 0 aromatic rings. The number of rotatable bonds is 8. The minimum atomic E-state index is -3.67. The van der Waals surface area contributed by atoms with Crippen LogP contribution in [0.3, 0.4) is 0 Å². The highest BCUT2D eigenvalue weighted by Crippen LogP contribution is 2.28. The first-order valence-electron chi connectivity index (χ1n) is 7.29. The number of alkyl carbamates (subject to hydrolysis) is 1. The van der Waals surface area contributed by atoms with Crippen LogP contribution in [0.5, 0.6) is 0 Å². The number of sulfonamides is 1. The lowest BCUT2D eigenvalue weighted by molar-refractivity contribution is -0.127. The summed E-state index contributed by atoms with van der Waals surface area (Å²) in [6.45, 7) is 8.54. The van der Waals surface area contributed by atoms with Crippen molar-refractivity contribution in [3.8, 4) is 0 Å². The van der Waals surface area contributed by atoms with Gasteiger partial charge in [-0.3, -0.25) is 9.52 Å². The highest BCUT2D eigenvalue weighted by Gasteiger charge is 2.44. The van der Waals surface area contributed by atoms with E-state index in [1.54, 1.807) is 6.92 Å². The Kier molecular flexibility index (Phi) is 5.99. The summed E-state index contributed by atoms with van der Waals surface area (Å²) < 4.78 is 30.8. The van der Waals surface area contributed by atoms with Gasteiger partial charge in [-0.15, -0.1) is 0 Å². The Labute approximate surface area is 131 Å². The Morgan fingerprint density at radius 1 is 1.45 bits per heavy atom. The fourth-order valence-corrected chi connectivity index (χ4v) is 3.29. The molecule has 0 aromatic heterocycles. The zero-order chi connectivity index (χ0) is 17.0. The van der Waals surface area contributed by atoms with Crippen LogP contribution in [-0.2, 0) is 19.6 Å². The van der Waals surface area contributed by atoms with Gasteiger partial charge in [0, 0.05) is 0 Å². The molecule has 0 aliphatic heterocycles. The number of hydrogen-bond acceptors (Lipinski definition) is 5. The van der Waals surface area contributed by atoms with Gasteiger partial charge < -0.3 is 10.1 Å². The lowest BCUT2D eigenvalue weighted by Crippen LogP contribution is -2.61. The Morgan fingerprint density at radius 2 is 2.05 bits per heavy atom. The molecule has 2 N–H and O–H groups in total. The maximum Gasteiger partial charge on any atom is 0.408 e. The van der Waals surface area contributed by atoms with Crippen molar-refractivity contribution in [1.29, 1.82) is 0 Å². The van der Waals surface area contributed by atoms with Crippen LogP contribution in [0.2, 0.25) is 0 Å². The molecule has 1 saturated carbocycles. The van der Waals surface area contributed by atoms with E-state index in [1.807, 2.05) is 6.92 Å². The van der Waals surface area contributed by atoms with Crippen LogP contribution in [0, 0.1) is 5.92 Å². The smallest absolute Gasteiger partial charge is 0.408 e. The third-order valence-electron chi connectivity index (χ3n) is 3.96. The fraction of sp³-hybridized carbons (Fsp3) is 0.714. The van der Waals surface area contributed by atoms with Crippen molar-refractivity contribution >= 4 is 22.0 Å². The molecule has 1 rings (SSSR count). The molecular formula is C14H24N2O5S. The number of ether oxygens (including phenoxy) is 1. The minimum absolute atomic E-state index is 0.00438.